The van der Waals surface area contributed by atoms with Gasteiger partial charge in [-0.25, -0.2) is 0 Å². The van der Waals surface area contributed by atoms with E-state index in [1.54, 1.807) is 30.1 Å². The average Bonchev–Trinajstić information content (AvgIpc) is 2.56. The highest BCUT2D eigenvalue weighted by Gasteiger charge is 2.14. The number of carbonyl (C=O) groups is 2. The van der Waals surface area contributed by atoms with Gasteiger partial charge in [-0.2, -0.15) is 0 Å². The number of amides is 2. The van der Waals surface area contributed by atoms with Crippen molar-refractivity contribution in [3.05, 3.63) is 57.6 Å². The molecule has 0 unspecified atom stereocenters. The Morgan fingerprint density at radius 3 is 2.12 bits per heavy atom. The minimum atomic E-state index is -0.281. The van der Waals surface area contributed by atoms with Gasteiger partial charge in [0.2, 0.25) is 11.8 Å². The summed E-state index contributed by atoms with van der Waals surface area (Å²) >= 11 is 12.0. The van der Waals surface area contributed by atoms with E-state index in [9.17, 15) is 9.59 Å². The molecule has 0 spiro atoms. The van der Waals surface area contributed by atoms with Gasteiger partial charge in [-0.3, -0.25) is 14.5 Å². The van der Waals surface area contributed by atoms with Gasteiger partial charge in [0.1, 0.15) is 0 Å². The first-order valence-corrected chi connectivity index (χ1v) is 8.82. The number of rotatable bonds is 6. The smallest absolute Gasteiger partial charge is 0.238 e. The van der Waals surface area contributed by atoms with Crippen LogP contribution in [0.15, 0.2) is 36.4 Å². The fourth-order valence-corrected chi connectivity index (χ4v) is 2.76. The zero-order chi connectivity index (χ0) is 19.3. The quantitative estimate of drug-likeness (QED) is 0.775. The normalized spacial score (nSPS) is 10.7. The topological polar surface area (TPSA) is 61.4 Å². The molecule has 2 amide bonds. The lowest BCUT2D eigenvalue weighted by Gasteiger charge is -2.17. The lowest BCUT2D eigenvalue weighted by Crippen LogP contribution is -2.36. The van der Waals surface area contributed by atoms with E-state index in [-0.39, 0.29) is 29.9 Å². The first-order valence-electron chi connectivity index (χ1n) is 8.06. The summed E-state index contributed by atoms with van der Waals surface area (Å²) in [5.74, 6) is -0.467. The molecule has 0 aliphatic rings. The van der Waals surface area contributed by atoms with Crippen molar-refractivity contribution in [2.45, 2.75) is 13.8 Å². The first-order chi connectivity index (χ1) is 12.3. The van der Waals surface area contributed by atoms with E-state index in [0.717, 1.165) is 16.8 Å². The van der Waals surface area contributed by atoms with Gasteiger partial charge >= 0.3 is 0 Å². The van der Waals surface area contributed by atoms with Crippen LogP contribution in [0, 0.1) is 13.8 Å². The van der Waals surface area contributed by atoms with Crippen LogP contribution in [0.2, 0.25) is 10.0 Å². The molecule has 0 fully saturated rings. The number of aryl methyl sites for hydroxylation is 1. The minimum absolute atomic E-state index is 0.0447. The molecule has 0 saturated heterocycles. The van der Waals surface area contributed by atoms with Gasteiger partial charge in [-0.15, -0.1) is 0 Å². The number of benzene rings is 2. The number of nitrogens with one attached hydrogen (secondary N) is 2. The highest BCUT2D eigenvalue weighted by atomic mass is 35.5. The van der Waals surface area contributed by atoms with Crippen molar-refractivity contribution in [1.29, 1.82) is 0 Å². The van der Waals surface area contributed by atoms with Gasteiger partial charge in [-0.05, 0) is 50.2 Å². The fourth-order valence-electron chi connectivity index (χ4n) is 2.41. The van der Waals surface area contributed by atoms with Crippen LogP contribution in [0.4, 0.5) is 11.4 Å². The molecule has 2 aromatic rings. The molecular weight excluding hydrogens is 373 g/mol. The van der Waals surface area contributed by atoms with Gasteiger partial charge in [0, 0.05) is 5.69 Å². The van der Waals surface area contributed by atoms with Gasteiger partial charge in [0.15, 0.2) is 0 Å². The van der Waals surface area contributed by atoms with Gasteiger partial charge in [0.25, 0.3) is 0 Å². The Kier molecular flexibility index (Phi) is 7.03. The highest BCUT2D eigenvalue weighted by Crippen LogP contribution is 2.29. The molecular formula is C19H21Cl2N3O2. The Bertz CT molecular complexity index is 757. The molecule has 2 N–H and O–H groups in total. The predicted octanol–water partition coefficient (Wildman–Crippen LogP) is 4.12. The summed E-state index contributed by atoms with van der Waals surface area (Å²) in [7, 11) is 1.70. The second-order valence-electron chi connectivity index (χ2n) is 6.12. The zero-order valence-corrected chi connectivity index (χ0v) is 16.4. The van der Waals surface area contributed by atoms with E-state index in [0.29, 0.717) is 10.7 Å². The third kappa shape index (κ3) is 5.46. The minimum Gasteiger partial charge on any atom is -0.325 e. The molecule has 7 heteroatoms. The summed E-state index contributed by atoms with van der Waals surface area (Å²) in [4.78, 5) is 26.0. The number of carbonyl (C=O) groups excluding carboxylic acids is 2. The maximum Gasteiger partial charge on any atom is 0.238 e. The Morgan fingerprint density at radius 1 is 0.923 bits per heavy atom. The SMILES string of the molecule is Cc1cccc(NC(=O)CN(C)CC(=O)Nc2cccc(Cl)c2Cl)c1C. The van der Waals surface area contributed by atoms with E-state index in [2.05, 4.69) is 10.6 Å². The summed E-state index contributed by atoms with van der Waals surface area (Å²) < 4.78 is 0. The number of anilines is 2. The summed E-state index contributed by atoms with van der Waals surface area (Å²) in [6, 6.07) is 10.7. The molecule has 0 aliphatic heterocycles. The van der Waals surface area contributed by atoms with Crippen molar-refractivity contribution in [2.24, 2.45) is 0 Å². The summed E-state index contributed by atoms with van der Waals surface area (Å²) in [5.41, 5.74) is 3.35. The Balaban J connectivity index is 1.88. The van der Waals surface area contributed by atoms with Crippen LogP contribution in [0.3, 0.4) is 0 Å². The van der Waals surface area contributed by atoms with Crippen LogP contribution in [0.1, 0.15) is 11.1 Å². The van der Waals surface area contributed by atoms with Crippen LogP contribution in [-0.4, -0.2) is 36.9 Å². The average molecular weight is 394 g/mol. The van der Waals surface area contributed by atoms with E-state index < -0.39 is 0 Å². The molecule has 2 rings (SSSR count). The molecule has 0 radical (unpaired) electrons. The van der Waals surface area contributed by atoms with Crippen molar-refractivity contribution in [1.82, 2.24) is 4.90 Å². The number of hydrogen-bond acceptors (Lipinski definition) is 3. The van der Waals surface area contributed by atoms with E-state index in [1.165, 1.54) is 0 Å². The van der Waals surface area contributed by atoms with Crippen LogP contribution in [-0.2, 0) is 9.59 Å². The molecule has 2 aromatic carbocycles. The van der Waals surface area contributed by atoms with Gasteiger partial charge in [0.05, 0.1) is 28.8 Å². The maximum absolute atomic E-state index is 12.2. The largest absolute Gasteiger partial charge is 0.325 e. The van der Waals surface area contributed by atoms with Crippen molar-refractivity contribution in [2.75, 3.05) is 30.8 Å². The van der Waals surface area contributed by atoms with Crippen LogP contribution in [0.5, 0.6) is 0 Å². The monoisotopic (exact) mass is 393 g/mol. The van der Waals surface area contributed by atoms with Crippen LogP contribution >= 0.6 is 23.2 Å². The van der Waals surface area contributed by atoms with Crippen molar-refractivity contribution in [3.63, 3.8) is 0 Å². The standard InChI is InChI=1S/C19H21Cl2N3O2/c1-12-6-4-8-15(13(12)2)22-17(25)10-24(3)11-18(26)23-16-9-5-7-14(20)19(16)21/h4-9H,10-11H2,1-3H3,(H,22,25)(H,23,26). The van der Waals surface area contributed by atoms with Crippen molar-refractivity contribution in [3.8, 4) is 0 Å². The fraction of sp³-hybridized carbons (Fsp3) is 0.263. The van der Waals surface area contributed by atoms with Gasteiger partial charge < -0.3 is 10.6 Å². The maximum atomic E-state index is 12.2. The van der Waals surface area contributed by atoms with Gasteiger partial charge in [-0.1, -0.05) is 41.4 Å². The van der Waals surface area contributed by atoms with E-state index >= 15 is 0 Å². The van der Waals surface area contributed by atoms with Crippen LogP contribution in [0.25, 0.3) is 0 Å². The second kappa shape index (κ2) is 9.03. The molecule has 5 nitrogen and oxygen atoms in total. The Morgan fingerprint density at radius 2 is 1.46 bits per heavy atom. The summed E-state index contributed by atoms with van der Waals surface area (Å²) in [6.45, 7) is 4.08. The third-order valence-corrected chi connectivity index (χ3v) is 4.75. The molecule has 0 aliphatic carbocycles. The number of likely N-dealkylation sites (N-methyl/N-ethyl adjacent to an activating group) is 1. The Hall–Kier alpha value is -2.08. The zero-order valence-electron chi connectivity index (χ0n) is 14.9. The molecule has 0 aromatic heterocycles. The molecule has 0 saturated carbocycles. The Labute approximate surface area is 163 Å². The van der Waals surface area contributed by atoms with E-state index in [4.69, 9.17) is 23.2 Å². The molecule has 0 heterocycles. The predicted molar refractivity (Wildman–Crippen MR) is 107 cm³/mol. The number of nitrogens with zero attached hydrogens (tertiary/aromatic N) is 1. The van der Waals surface area contributed by atoms with Crippen LogP contribution < -0.4 is 10.6 Å². The second-order valence-corrected chi connectivity index (χ2v) is 6.90. The van der Waals surface area contributed by atoms with Crippen molar-refractivity contribution >= 4 is 46.4 Å². The molecule has 0 atom stereocenters. The lowest BCUT2D eigenvalue weighted by atomic mass is 10.1. The van der Waals surface area contributed by atoms with Crippen molar-refractivity contribution < 1.29 is 9.59 Å². The summed E-state index contributed by atoms with van der Waals surface area (Å²) in [5, 5.41) is 6.22. The summed E-state index contributed by atoms with van der Waals surface area (Å²) in [6.07, 6.45) is 0. The van der Waals surface area contributed by atoms with E-state index in [1.807, 2.05) is 32.0 Å². The number of halogens is 2. The highest BCUT2D eigenvalue weighted by molar-refractivity contribution is 6.44. The lowest BCUT2D eigenvalue weighted by molar-refractivity contribution is -0.119. The molecule has 0 bridgehead atoms. The number of hydrogen-bond donors (Lipinski definition) is 2. The first kappa shape index (κ1) is 20.2. The third-order valence-electron chi connectivity index (χ3n) is 3.93. The molecule has 26 heavy (non-hydrogen) atoms. The molecule has 138 valence electrons.